The fraction of sp³-hybridized carbons (Fsp3) is 0.407. The Morgan fingerprint density at radius 1 is 1.03 bits per heavy atom. The van der Waals surface area contributed by atoms with Gasteiger partial charge in [0.05, 0.1) is 22.3 Å². The van der Waals surface area contributed by atoms with E-state index in [4.69, 9.17) is 39.9 Å². The van der Waals surface area contributed by atoms with Crippen LogP contribution in [0.3, 0.4) is 0 Å². The van der Waals surface area contributed by atoms with Crippen LogP contribution in [-0.2, 0) is 13.0 Å². The van der Waals surface area contributed by atoms with E-state index >= 15 is 0 Å². The van der Waals surface area contributed by atoms with Crippen LogP contribution in [0.1, 0.15) is 64.8 Å². The Morgan fingerprint density at radius 2 is 1.79 bits per heavy atom. The summed E-state index contributed by atoms with van der Waals surface area (Å²) in [5, 5.41) is 9.95. The largest absolute Gasteiger partial charge is 0.348 e. The Morgan fingerprint density at radius 3 is 2.53 bits per heavy atom. The molecule has 2 unspecified atom stereocenters. The molecule has 1 N–H and O–H groups in total. The van der Waals surface area contributed by atoms with E-state index in [0.717, 1.165) is 63.2 Å². The van der Waals surface area contributed by atoms with Crippen molar-refractivity contribution in [3.05, 3.63) is 73.3 Å². The van der Waals surface area contributed by atoms with Crippen molar-refractivity contribution >= 4 is 40.7 Å². The quantitative estimate of drug-likeness (QED) is 0.316. The fourth-order valence-electron chi connectivity index (χ4n) is 6.23. The molecule has 7 heteroatoms. The van der Waals surface area contributed by atoms with Gasteiger partial charge in [-0.1, -0.05) is 53.7 Å². The van der Waals surface area contributed by atoms with Crippen molar-refractivity contribution < 1.29 is 4.79 Å². The van der Waals surface area contributed by atoms with Crippen LogP contribution in [0.2, 0.25) is 15.1 Å². The topological polar surface area (TPSA) is 46.9 Å². The summed E-state index contributed by atoms with van der Waals surface area (Å²) in [5.41, 5.74) is 6.73. The Hall–Kier alpha value is -2.01. The monoisotopic (exact) mass is 513 g/mol. The van der Waals surface area contributed by atoms with Gasteiger partial charge in [0.25, 0.3) is 5.91 Å². The van der Waals surface area contributed by atoms with Crippen LogP contribution >= 0.6 is 34.8 Å². The second-order valence-corrected chi connectivity index (χ2v) is 11.4. The molecule has 1 aromatic heterocycles. The zero-order chi connectivity index (χ0) is 23.6. The van der Waals surface area contributed by atoms with Gasteiger partial charge >= 0.3 is 0 Å². The normalized spacial score (nSPS) is 22.5. The van der Waals surface area contributed by atoms with Gasteiger partial charge in [-0.05, 0) is 79.0 Å². The molecule has 176 valence electrons. The molecule has 6 rings (SSSR count). The highest BCUT2D eigenvalue weighted by atomic mass is 35.5. The van der Waals surface area contributed by atoms with Gasteiger partial charge in [-0.2, -0.15) is 5.10 Å². The lowest BCUT2D eigenvalue weighted by Gasteiger charge is -2.28. The van der Waals surface area contributed by atoms with Crippen LogP contribution in [-0.4, -0.2) is 21.7 Å². The summed E-state index contributed by atoms with van der Waals surface area (Å²) < 4.78 is 1.94. The molecule has 1 amide bonds. The van der Waals surface area contributed by atoms with E-state index in [-0.39, 0.29) is 11.9 Å². The first-order valence-corrected chi connectivity index (χ1v) is 13.1. The lowest BCUT2D eigenvalue weighted by Crippen LogP contribution is -2.39. The molecule has 3 aromatic rings. The molecule has 2 aromatic carbocycles. The van der Waals surface area contributed by atoms with Crippen LogP contribution in [0, 0.1) is 18.8 Å². The molecule has 34 heavy (non-hydrogen) atoms. The van der Waals surface area contributed by atoms with Crippen LogP contribution in [0.15, 0.2) is 30.3 Å². The summed E-state index contributed by atoms with van der Waals surface area (Å²) in [4.78, 5) is 13.5. The van der Waals surface area contributed by atoms with E-state index in [0.29, 0.717) is 28.7 Å². The number of aryl methyl sites for hydroxylation is 1. The maximum atomic E-state index is 13.5. The van der Waals surface area contributed by atoms with E-state index < -0.39 is 0 Å². The highest BCUT2D eigenvalue weighted by molar-refractivity contribution is 6.42. The molecule has 0 aliphatic heterocycles. The molecule has 2 atom stereocenters. The average molecular weight is 515 g/mol. The number of carbonyl (C=O) groups excluding carboxylic acids is 1. The van der Waals surface area contributed by atoms with Crippen molar-refractivity contribution in [1.29, 1.82) is 0 Å². The van der Waals surface area contributed by atoms with Crippen LogP contribution in [0.5, 0.6) is 0 Å². The molecule has 0 radical (unpaired) electrons. The molecule has 1 heterocycles. The SMILES string of the molecule is Cc1cc2c(cc1Cl)Cc1c(C(=O)NC3CC4CCC(C4)C3)nn(Cc3ccc(Cl)c(Cl)c3)c1-2. The first-order chi connectivity index (χ1) is 16.4. The maximum absolute atomic E-state index is 13.5. The van der Waals surface area contributed by atoms with Crippen molar-refractivity contribution in [2.24, 2.45) is 11.8 Å². The summed E-state index contributed by atoms with van der Waals surface area (Å²) >= 11 is 18.8. The zero-order valence-corrected chi connectivity index (χ0v) is 21.3. The number of halogens is 3. The smallest absolute Gasteiger partial charge is 0.272 e. The third-order valence-electron chi connectivity index (χ3n) is 7.81. The van der Waals surface area contributed by atoms with E-state index in [1.807, 2.05) is 29.8 Å². The van der Waals surface area contributed by atoms with Gasteiger partial charge in [-0.25, -0.2) is 0 Å². The highest BCUT2D eigenvalue weighted by Gasteiger charge is 2.36. The number of amides is 1. The molecule has 3 aliphatic rings. The number of nitrogens with zero attached hydrogens (tertiary/aromatic N) is 2. The Kier molecular flexibility index (Phi) is 5.67. The number of hydrogen-bond acceptors (Lipinski definition) is 2. The minimum absolute atomic E-state index is 0.0638. The predicted molar refractivity (Wildman–Crippen MR) is 137 cm³/mol. The van der Waals surface area contributed by atoms with Gasteiger partial charge in [0.15, 0.2) is 5.69 Å². The maximum Gasteiger partial charge on any atom is 0.272 e. The second-order valence-electron chi connectivity index (χ2n) is 10.2. The predicted octanol–water partition coefficient (Wildman–Crippen LogP) is 7.08. The van der Waals surface area contributed by atoms with Crippen molar-refractivity contribution in [3.8, 4) is 11.3 Å². The summed E-state index contributed by atoms with van der Waals surface area (Å²) in [7, 11) is 0. The lowest BCUT2D eigenvalue weighted by molar-refractivity contribution is 0.0911. The van der Waals surface area contributed by atoms with Crippen LogP contribution in [0.25, 0.3) is 11.3 Å². The van der Waals surface area contributed by atoms with Crippen molar-refractivity contribution in [3.63, 3.8) is 0 Å². The number of aromatic nitrogens is 2. The van der Waals surface area contributed by atoms with Gasteiger partial charge in [-0.15, -0.1) is 0 Å². The van der Waals surface area contributed by atoms with Gasteiger partial charge < -0.3 is 5.32 Å². The highest BCUT2D eigenvalue weighted by Crippen LogP contribution is 2.43. The minimum atomic E-state index is -0.0638. The van der Waals surface area contributed by atoms with Gasteiger partial charge in [-0.3, -0.25) is 9.48 Å². The van der Waals surface area contributed by atoms with Crippen LogP contribution < -0.4 is 5.32 Å². The first kappa shape index (κ1) is 22.5. The fourth-order valence-corrected chi connectivity index (χ4v) is 6.74. The number of rotatable bonds is 4. The Balaban J connectivity index is 1.37. The first-order valence-electron chi connectivity index (χ1n) is 12.0. The minimum Gasteiger partial charge on any atom is -0.348 e. The third kappa shape index (κ3) is 3.94. The molecule has 4 nitrogen and oxygen atoms in total. The number of hydrogen-bond donors (Lipinski definition) is 1. The number of nitrogens with one attached hydrogen (secondary N) is 1. The summed E-state index contributed by atoms with van der Waals surface area (Å²) in [5.74, 6) is 1.46. The summed E-state index contributed by atoms with van der Waals surface area (Å²) in [6.45, 7) is 2.51. The lowest BCUT2D eigenvalue weighted by atomic mass is 9.85. The number of benzene rings is 2. The molecule has 3 aliphatic carbocycles. The number of carbonyl (C=O) groups is 1. The molecule has 2 saturated carbocycles. The standard InChI is InChI=1S/C27H26Cl3N3O/c1-14-6-20-18(12-23(14)29)11-21-25(27(34)31-19-8-15-2-3-16(7-15)9-19)32-33(26(20)21)13-17-4-5-22(28)24(30)10-17/h4-6,10,12,15-16,19H,2-3,7-9,11,13H2,1H3,(H,31,34). The van der Waals surface area contributed by atoms with Gasteiger partial charge in [0.1, 0.15) is 0 Å². The third-order valence-corrected chi connectivity index (χ3v) is 8.96. The Bertz CT molecular complexity index is 1300. The summed E-state index contributed by atoms with van der Waals surface area (Å²) in [6.07, 6.45) is 6.77. The molecule has 0 saturated heterocycles. The molecular weight excluding hydrogens is 489 g/mol. The summed E-state index contributed by atoms with van der Waals surface area (Å²) in [6, 6.07) is 9.98. The zero-order valence-electron chi connectivity index (χ0n) is 19.0. The van der Waals surface area contributed by atoms with E-state index in [9.17, 15) is 4.79 Å². The molecule has 0 spiro atoms. The number of fused-ring (bicyclic) bond motifs is 5. The van der Waals surface area contributed by atoms with E-state index in [2.05, 4.69) is 11.4 Å². The van der Waals surface area contributed by atoms with Crippen molar-refractivity contribution in [2.75, 3.05) is 0 Å². The second kappa shape index (κ2) is 8.58. The van der Waals surface area contributed by atoms with Gasteiger partial charge in [0.2, 0.25) is 0 Å². The van der Waals surface area contributed by atoms with Crippen molar-refractivity contribution in [1.82, 2.24) is 15.1 Å². The Labute approximate surface area is 214 Å². The molecule has 2 fully saturated rings. The van der Waals surface area contributed by atoms with Gasteiger partial charge in [0, 0.05) is 28.6 Å². The van der Waals surface area contributed by atoms with Crippen molar-refractivity contribution in [2.45, 2.75) is 58.0 Å². The van der Waals surface area contributed by atoms with Crippen LogP contribution in [0.4, 0.5) is 0 Å². The molecule has 2 bridgehead atoms. The van der Waals surface area contributed by atoms with E-state index in [1.165, 1.54) is 19.3 Å². The van der Waals surface area contributed by atoms with E-state index in [1.54, 1.807) is 6.07 Å². The molecular formula is C27H26Cl3N3O. The average Bonchev–Trinajstić information content (AvgIpc) is 3.44.